The molecule has 168 valence electrons. The van der Waals surface area contributed by atoms with E-state index in [0.29, 0.717) is 35.1 Å². The van der Waals surface area contributed by atoms with Gasteiger partial charge in [0.15, 0.2) is 5.78 Å². The summed E-state index contributed by atoms with van der Waals surface area (Å²) >= 11 is 12.1. The summed E-state index contributed by atoms with van der Waals surface area (Å²) in [7, 11) is 0. The van der Waals surface area contributed by atoms with Crippen LogP contribution in [0.2, 0.25) is 10.0 Å². The highest BCUT2D eigenvalue weighted by molar-refractivity contribution is 6.36. The number of unbranched alkanes of at least 4 members (excludes halogenated alkanes) is 9. The van der Waals surface area contributed by atoms with E-state index in [2.05, 4.69) is 17.6 Å². The highest BCUT2D eigenvalue weighted by Crippen LogP contribution is 2.26. The molecule has 0 aromatic heterocycles. The topological polar surface area (TPSA) is 58.2 Å². The molecule has 1 aromatic carbocycles. The van der Waals surface area contributed by atoms with Crippen LogP contribution in [0.3, 0.4) is 0 Å². The summed E-state index contributed by atoms with van der Waals surface area (Å²) in [5, 5.41) is 7.05. The van der Waals surface area contributed by atoms with Crippen LogP contribution in [0.1, 0.15) is 87.9 Å². The first-order chi connectivity index (χ1) is 14.5. The minimum absolute atomic E-state index is 0.0107. The predicted molar refractivity (Wildman–Crippen MR) is 126 cm³/mol. The van der Waals surface area contributed by atoms with Crippen molar-refractivity contribution in [2.45, 2.75) is 83.6 Å². The summed E-state index contributed by atoms with van der Waals surface area (Å²) in [5.74, 6) is -0.283. The van der Waals surface area contributed by atoms with Gasteiger partial charge in [-0.2, -0.15) is 0 Å². The van der Waals surface area contributed by atoms with Crippen LogP contribution < -0.4 is 10.6 Å². The van der Waals surface area contributed by atoms with Gasteiger partial charge in [-0.15, -0.1) is 0 Å². The Morgan fingerprint density at radius 1 is 1.00 bits per heavy atom. The van der Waals surface area contributed by atoms with Crippen molar-refractivity contribution < 1.29 is 9.59 Å². The summed E-state index contributed by atoms with van der Waals surface area (Å²) < 4.78 is 0. The van der Waals surface area contributed by atoms with Gasteiger partial charge in [0.1, 0.15) is 0 Å². The number of Topliss-reactive ketones (excluding diaryl/α,β-unsaturated/α-hetero) is 1. The fourth-order valence-corrected chi connectivity index (χ4v) is 4.49. The Kier molecular flexibility index (Phi) is 11.8. The van der Waals surface area contributed by atoms with Gasteiger partial charge in [0, 0.05) is 29.6 Å². The largest absolute Gasteiger partial charge is 0.355 e. The molecule has 0 radical (unpaired) electrons. The summed E-state index contributed by atoms with van der Waals surface area (Å²) in [5.41, 5.74) is 0.472. The van der Waals surface area contributed by atoms with Gasteiger partial charge in [-0.05, 0) is 31.0 Å². The molecule has 1 aliphatic heterocycles. The standard InChI is InChI=1S/C24H36Cl2N2O2/c1-2-3-4-5-6-7-8-9-10-11-14-27-24(30)22-15-18(17-28-22)23(29)20-13-12-19(25)16-21(20)26/h12-13,16,18,22,28H,2-11,14-15,17H2,1H3,(H,27,30). The SMILES string of the molecule is CCCCCCCCCCCCNC(=O)C1CC(C(=O)c2ccc(Cl)cc2Cl)CN1. The molecule has 4 nitrogen and oxygen atoms in total. The Hall–Kier alpha value is -1.10. The average molecular weight is 455 g/mol. The first-order valence-electron chi connectivity index (χ1n) is 11.5. The van der Waals surface area contributed by atoms with Crippen LogP contribution in [0.5, 0.6) is 0 Å². The second-order valence-electron chi connectivity index (χ2n) is 8.35. The van der Waals surface area contributed by atoms with Crippen LogP contribution in [0.25, 0.3) is 0 Å². The van der Waals surface area contributed by atoms with Crippen molar-refractivity contribution in [3.05, 3.63) is 33.8 Å². The molecule has 0 bridgehead atoms. The molecule has 0 aliphatic carbocycles. The maximum atomic E-state index is 12.7. The van der Waals surface area contributed by atoms with Crippen LogP contribution in [-0.2, 0) is 4.79 Å². The Bertz CT molecular complexity index is 681. The maximum absolute atomic E-state index is 12.7. The molecule has 2 unspecified atom stereocenters. The molecule has 1 aromatic rings. The number of hydrogen-bond acceptors (Lipinski definition) is 3. The molecule has 1 heterocycles. The fourth-order valence-electron chi connectivity index (χ4n) is 3.99. The van der Waals surface area contributed by atoms with Gasteiger partial charge < -0.3 is 10.6 Å². The number of carbonyl (C=O) groups excluding carboxylic acids is 2. The van der Waals surface area contributed by atoms with Crippen LogP contribution in [0.4, 0.5) is 0 Å². The molecular formula is C24H36Cl2N2O2. The van der Waals surface area contributed by atoms with E-state index < -0.39 is 0 Å². The van der Waals surface area contributed by atoms with Crippen molar-refractivity contribution >= 4 is 34.9 Å². The van der Waals surface area contributed by atoms with Crippen molar-refractivity contribution in [3.63, 3.8) is 0 Å². The molecule has 6 heteroatoms. The number of ketones is 1. The van der Waals surface area contributed by atoms with E-state index in [1.54, 1.807) is 18.2 Å². The second-order valence-corrected chi connectivity index (χ2v) is 9.20. The molecule has 30 heavy (non-hydrogen) atoms. The van der Waals surface area contributed by atoms with E-state index in [1.165, 1.54) is 51.4 Å². The van der Waals surface area contributed by atoms with Gasteiger partial charge in [-0.25, -0.2) is 0 Å². The molecule has 0 spiro atoms. The third-order valence-electron chi connectivity index (χ3n) is 5.84. The zero-order chi connectivity index (χ0) is 21.8. The van der Waals surface area contributed by atoms with E-state index in [4.69, 9.17) is 23.2 Å². The molecular weight excluding hydrogens is 419 g/mol. The molecule has 1 amide bonds. The zero-order valence-corrected chi connectivity index (χ0v) is 19.7. The molecule has 0 saturated carbocycles. The Labute approximate surface area is 191 Å². The number of carbonyl (C=O) groups is 2. The van der Waals surface area contributed by atoms with Crippen molar-refractivity contribution in [1.29, 1.82) is 0 Å². The number of hydrogen-bond donors (Lipinski definition) is 2. The number of benzene rings is 1. The lowest BCUT2D eigenvalue weighted by Crippen LogP contribution is -2.40. The van der Waals surface area contributed by atoms with Crippen molar-refractivity contribution in [2.75, 3.05) is 13.1 Å². The Morgan fingerprint density at radius 3 is 2.27 bits per heavy atom. The van der Waals surface area contributed by atoms with E-state index in [-0.39, 0.29) is 23.7 Å². The van der Waals surface area contributed by atoms with E-state index in [1.807, 2.05) is 0 Å². The zero-order valence-electron chi connectivity index (χ0n) is 18.2. The smallest absolute Gasteiger partial charge is 0.237 e. The summed E-state index contributed by atoms with van der Waals surface area (Å²) in [6.07, 6.45) is 13.3. The van der Waals surface area contributed by atoms with Crippen LogP contribution in [-0.4, -0.2) is 30.8 Å². The van der Waals surface area contributed by atoms with Gasteiger partial charge in [0.05, 0.1) is 11.1 Å². The van der Waals surface area contributed by atoms with Gasteiger partial charge in [-0.1, -0.05) is 87.9 Å². The number of halogens is 2. The molecule has 2 atom stereocenters. The van der Waals surface area contributed by atoms with Gasteiger partial charge in [0.2, 0.25) is 5.91 Å². The number of amides is 1. The summed E-state index contributed by atoms with van der Waals surface area (Å²) in [4.78, 5) is 25.1. The van der Waals surface area contributed by atoms with Crippen molar-refractivity contribution in [3.8, 4) is 0 Å². The van der Waals surface area contributed by atoms with Crippen LogP contribution in [0, 0.1) is 5.92 Å². The summed E-state index contributed by atoms with van der Waals surface area (Å²) in [6.45, 7) is 3.44. The lowest BCUT2D eigenvalue weighted by Gasteiger charge is -2.12. The highest BCUT2D eigenvalue weighted by atomic mass is 35.5. The Balaban J connectivity index is 1.57. The van der Waals surface area contributed by atoms with Crippen LogP contribution in [0.15, 0.2) is 18.2 Å². The fraction of sp³-hybridized carbons (Fsp3) is 0.667. The normalized spacial score (nSPS) is 18.5. The molecule has 1 saturated heterocycles. The third-order valence-corrected chi connectivity index (χ3v) is 6.39. The minimum Gasteiger partial charge on any atom is -0.355 e. The minimum atomic E-state index is -0.312. The number of rotatable bonds is 14. The second kappa shape index (κ2) is 14.1. The molecule has 1 fully saturated rings. The van der Waals surface area contributed by atoms with E-state index >= 15 is 0 Å². The highest BCUT2D eigenvalue weighted by Gasteiger charge is 2.34. The average Bonchev–Trinajstić information content (AvgIpc) is 3.22. The monoisotopic (exact) mass is 454 g/mol. The predicted octanol–water partition coefficient (Wildman–Crippen LogP) is 6.19. The lowest BCUT2D eigenvalue weighted by atomic mass is 9.95. The van der Waals surface area contributed by atoms with Crippen LogP contribution >= 0.6 is 23.2 Å². The summed E-state index contributed by atoms with van der Waals surface area (Å²) in [6, 6.07) is 4.59. The Morgan fingerprint density at radius 2 is 1.63 bits per heavy atom. The van der Waals surface area contributed by atoms with Gasteiger partial charge in [-0.3, -0.25) is 9.59 Å². The maximum Gasteiger partial charge on any atom is 0.237 e. The molecule has 2 N–H and O–H groups in total. The van der Waals surface area contributed by atoms with Gasteiger partial charge >= 0.3 is 0 Å². The molecule has 2 rings (SSSR count). The van der Waals surface area contributed by atoms with Gasteiger partial charge in [0.25, 0.3) is 0 Å². The molecule has 1 aliphatic rings. The van der Waals surface area contributed by atoms with Crippen molar-refractivity contribution in [1.82, 2.24) is 10.6 Å². The lowest BCUT2D eigenvalue weighted by molar-refractivity contribution is -0.122. The van der Waals surface area contributed by atoms with E-state index in [9.17, 15) is 9.59 Å². The number of nitrogens with one attached hydrogen (secondary N) is 2. The quantitative estimate of drug-likeness (QED) is 0.260. The first kappa shape index (κ1) is 25.2. The van der Waals surface area contributed by atoms with Crippen molar-refractivity contribution in [2.24, 2.45) is 5.92 Å². The first-order valence-corrected chi connectivity index (χ1v) is 12.3. The third kappa shape index (κ3) is 8.56. The van der Waals surface area contributed by atoms with E-state index in [0.717, 1.165) is 12.8 Å².